The first kappa shape index (κ1) is 18.8. The zero-order valence-electron chi connectivity index (χ0n) is 15.0. The molecule has 0 saturated heterocycles. The maximum Gasteiger partial charge on any atom is 0.336 e. The lowest BCUT2D eigenvalue weighted by Gasteiger charge is -2.09. The van der Waals surface area contributed by atoms with Gasteiger partial charge in [-0.15, -0.1) is 0 Å². The summed E-state index contributed by atoms with van der Waals surface area (Å²) >= 11 is 0. The van der Waals surface area contributed by atoms with E-state index >= 15 is 0 Å². The number of carbonyl (C=O) groups is 2. The van der Waals surface area contributed by atoms with Crippen molar-refractivity contribution in [2.45, 2.75) is 6.92 Å². The van der Waals surface area contributed by atoms with Gasteiger partial charge in [0.2, 0.25) is 0 Å². The molecule has 0 aliphatic rings. The third kappa shape index (κ3) is 4.23. The Kier molecular flexibility index (Phi) is 5.21. The van der Waals surface area contributed by atoms with E-state index in [1.165, 1.54) is 31.3 Å². The van der Waals surface area contributed by atoms with Crippen molar-refractivity contribution in [2.24, 2.45) is 7.05 Å². The second kappa shape index (κ2) is 7.74. The number of fused-ring (bicyclic) bond motifs is 1. The average molecular weight is 384 g/mol. The van der Waals surface area contributed by atoms with Crippen molar-refractivity contribution in [1.29, 1.82) is 0 Å². The number of hydrogen-bond acceptors (Lipinski definition) is 7. The number of nitrogens with zero attached hydrogens (tertiary/aromatic N) is 2. The minimum absolute atomic E-state index is 0.0387. The highest BCUT2D eigenvalue weighted by atomic mass is 16.5. The van der Waals surface area contributed by atoms with Crippen LogP contribution in [0.4, 0.5) is 0 Å². The second-order valence-corrected chi connectivity index (χ2v) is 5.88. The van der Waals surface area contributed by atoms with Crippen molar-refractivity contribution < 1.29 is 18.7 Å². The van der Waals surface area contributed by atoms with Crippen LogP contribution in [-0.2, 0) is 11.8 Å². The van der Waals surface area contributed by atoms with Crippen LogP contribution in [0.25, 0.3) is 11.0 Å². The SMILES string of the molecule is Cc1cc(=O)oc2cc(OCC(=O)NNC(=O)c3ccc(=O)n(C)n3)ccc12. The highest BCUT2D eigenvalue weighted by molar-refractivity contribution is 5.93. The van der Waals surface area contributed by atoms with Crippen molar-refractivity contribution >= 4 is 22.8 Å². The number of aryl methyl sites for hydroxylation is 2. The highest BCUT2D eigenvalue weighted by Gasteiger charge is 2.11. The summed E-state index contributed by atoms with van der Waals surface area (Å²) < 4.78 is 11.5. The van der Waals surface area contributed by atoms with Crippen LogP contribution in [0.5, 0.6) is 5.75 Å². The minimum atomic E-state index is -0.688. The number of aromatic nitrogens is 2. The van der Waals surface area contributed by atoms with E-state index in [9.17, 15) is 19.2 Å². The first-order valence-corrected chi connectivity index (χ1v) is 8.14. The van der Waals surface area contributed by atoms with Gasteiger partial charge in [0, 0.05) is 30.6 Å². The molecule has 0 aliphatic carbocycles. The van der Waals surface area contributed by atoms with E-state index in [0.29, 0.717) is 11.3 Å². The quantitative estimate of drug-likeness (QED) is 0.479. The van der Waals surface area contributed by atoms with Crippen LogP contribution in [0, 0.1) is 6.92 Å². The van der Waals surface area contributed by atoms with Crippen LogP contribution in [0.1, 0.15) is 16.1 Å². The van der Waals surface area contributed by atoms with Gasteiger partial charge in [-0.1, -0.05) is 0 Å². The maximum atomic E-state index is 11.9. The standard InChI is InChI=1S/C18H16N4O6/c1-10-7-17(25)28-14-8-11(3-4-12(10)14)27-9-15(23)19-20-18(26)13-5-6-16(24)22(2)21-13/h3-8H,9H2,1-2H3,(H,19,23)(H,20,26). The van der Waals surface area contributed by atoms with Gasteiger partial charge in [-0.25, -0.2) is 9.48 Å². The van der Waals surface area contributed by atoms with Crippen LogP contribution in [0.3, 0.4) is 0 Å². The molecule has 2 aromatic heterocycles. The van der Waals surface area contributed by atoms with E-state index in [4.69, 9.17) is 9.15 Å². The average Bonchev–Trinajstić information content (AvgIpc) is 2.66. The summed E-state index contributed by atoms with van der Waals surface area (Å²) in [5, 5.41) is 4.52. The molecular weight excluding hydrogens is 368 g/mol. The second-order valence-electron chi connectivity index (χ2n) is 5.88. The smallest absolute Gasteiger partial charge is 0.336 e. The molecule has 144 valence electrons. The third-order valence-corrected chi connectivity index (χ3v) is 3.80. The number of benzene rings is 1. The molecule has 10 heteroatoms. The van der Waals surface area contributed by atoms with Crippen LogP contribution >= 0.6 is 0 Å². The van der Waals surface area contributed by atoms with Crippen molar-refractivity contribution in [1.82, 2.24) is 20.6 Å². The molecule has 0 aliphatic heterocycles. The highest BCUT2D eigenvalue weighted by Crippen LogP contribution is 2.22. The molecule has 10 nitrogen and oxygen atoms in total. The molecule has 28 heavy (non-hydrogen) atoms. The first-order chi connectivity index (χ1) is 13.3. The largest absolute Gasteiger partial charge is 0.484 e. The molecule has 1 aromatic carbocycles. The van der Waals surface area contributed by atoms with Gasteiger partial charge in [0.05, 0.1) is 0 Å². The summed E-state index contributed by atoms with van der Waals surface area (Å²) in [5.74, 6) is -0.988. The van der Waals surface area contributed by atoms with Gasteiger partial charge in [0.1, 0.15) is 11.3 Å². The Morgan fingerprint density at radius 2 is 1.93 bits per heavy atom. The molecule has 2 amide bonds. The molecule has 2 N–H and O–H groups in total. The Hall–Kier alpha value is -3.95. The van der Waals surface area contributed by atoms with Crippen LogP contribution < -0.4 is 26.8 Å². The summed E-state index contributed by atoms with van der Waals surface area (Å²) in [6.07, 6.45) is 0. The predicted molar refractivity (Wildman–Crippen MR) is 97.8 cm³/mol. The Morgan fingerprint density at radius 3 is 2.68 bits per heavy atom. The zero-order chi connectivity index (χ0) is 20.3. The number of rotatable bonds is 4. The molecule has 0 bridgehead atoms. The molecule has 0 atom stereocenters. The van der Waals surface area contributed by atoms with Gasteiger partial charge in [-0.05, 0) is 30.7 Å². The van der Waals surface area contributed by atoms with Gasteiger partial charge in [0.25, 0.3) is 17.4 Å². The Morgan fingerprint density at radius 1 is 1.14 bits per heavy atom. The lowest BCUT2D eigenvalue weighted by Crippen LogP contribution is -2.44. The molecule has 3 aromatic rings. The van der Waals surface area contributed by atoms with E-state index in [0.717, 1.165) is 15.6 Å². The van der Waals surface area contributed by atoms with Gasteiger partial charge in [-0.3, -0.25) is 25.2 Å². The number of carbonyl (C=O) groups excluding carboxylic acids is 2. The zero-order valence-corrected chi connectivity index (χ0v) is 15.0. The van der Waals surface area contributed by atoms with E-state index < -0.39 is 17.4 Å². The summed E-state index contributed by atoms with van der Waals surface area (Å²) in [7, 11) is 1.40. The topological polar surface area (TPSA) is 133 Å². The van der Waals surface area contributed by atoms with Gasteiger partial charge in [0.15, 0.2) is 12.3 Å². The lowest BCUT2D eigenvalue weighted by molar-refractivity contribution is -0.123. The number of ether oxygens (including phenoxy) is 1. The van der Waals surface area contributed by atoms with Crippen LogP contribution in [-0.4, -0.2) is 28.2 Å². The minimum Gasteiger partial charge on any atom is -0.484 e. The summed E-state index contributed by atoms with van der Waals surface area (Å²) in [5.41, 5.74) is 4.58. The van der Waals surface area contributed by atoms with E-state index in [1.807, 2.05) is 0 Å². The fraction of sp³-hybridized carbons (Fsp3) is 0.167. The molecule has 0 saturated carbocycles. The number of hydrazine groups is 1. The monoisotopic (exact) mass is 384 g/mol. The molecule has 3 rings (SSSR count). The van der Waals surface area contributed by atoms with Crippen molar-refractivity contribution in [3.63, 3.8) is 0 Å². The van der Waals surface area contributed by atoms with Crippen LogP contribution in [0.2, 0.25) is 0 Å². The number of amides is 2. The van der Waals surface area contributed by atoms with Gasteiger partial charge < -0.3 is 9.15 Å². The Labute approximate surface area is 157 Å². The Balaban J connectivity index is 1.57. The fourth-order valence-corrected chi connectivity index (χ4v) is 2.39. The Bertz CT molecular complexity index is 1180. The van der Waals surface area contributed by atoms with E-state index in [2.05, 4.69) is 16.0 Å². The summed E-state index contributed by atoms with van der Waals surface area (Å²) in [4.78, 5) is 46.5. The number of nitrogens with one attached hydrogen (secondary N) is 2. The van der Waals surface area contributed by atoms with E-state index in [1.54, 1.807) is 19.1 Å². The first-order valence-electron chi connectivity index (χ1n) is 8.14. The molecule has 0 spiro atoms. The van der Waals surface area contributed by atoms with Crippen molar-refractivity contribution in [3.8, 4) is 5.75 Å². The molecule has 0 radical (unpaired) electrons. The summed E-state index contributed by atoms with van der Waals surface area (Å²) in [6.45, 7) is 1.40. The lowest BCUT2D eigenvalue weighted by atomic mass is 10.1. The third-order valence-electron chi connectivity index (χ3n) is 3.80. The molecule has 0 unspecified atom stereocenters. The van der Waals surface area contributed by atoms with Gasteiger partial charge >= 0.3 is 5.63 Å². The molecule has 2 heterocycles. The van der Waals surface area contributed by atoms with Crippen LogP contribution in [0.15, 0.2) is 50.4 Å². The normalized spacial score (nSPS) is 10.5. The van der Waals surface area contributed by atoms with Gasteiger partial charge in [-0.2, -0.15) is 5.10 Å². The van der Waals surface area contributed by atoms with E-state index in [-0.39, 0.29) is 17.9 Å². The molecular formula is C18H16N4O6. The molecule has 0 fully saturated rings. The number of hydrogen-bond donors (Lipinski definition) is 2. The van der Waals surface area contributed by atoms with Crippen molar-refractivity contribution in [3.05, 3.63) is 68.4 Å². The van der Waals surface area contributed by atoms with Crippen molar-refractivity contribution in [2.75, 3.05) is 6.61 Å². The maximum absolute atomic E-state index is 11.9. The summed E-state index contributed by atoms with van der Waals surface area (Å²) in [6, 6.07) is 8.67. The predicted octanol–water partition coefficient (Wildman–Crippen LogP) is 0.0351. The fourth-order valence-electron chi connectivity index (χ4n) is 2.39.